The highest BCUT2D eigenvalue weighted by atomic mass is 33.2. The number of methoxy groups -OCH3 is 2. The maximum Gasteiger partial charge on any atom is 0.118 e. The highest BCUT2D eigenvalue weighted by Gasteiger charge is 2.55. The summed E-state index contributed by atoms with van der Waals surface area (Å²) in [5.74, 6) is 1.74. The van der Waals surface area contributed by atoms with Gasteiger partial charge in [0.1, 0.15) is 22.3 Å². The van der Waals surface area contributed by atoms with Crippen LogP contribution in [0.3, 0.4) is 0 Å². The van der Waals surface area contributed by atoms with Crippen molar-refractivity contribution < 1.29 is 9.47 Å². The van der Waals surface area contributed by atoms with Crippen LogP contribution < -0.4 is 20.1 Å². The standard InChI is InChI=1S/C20H25NO2P2S3/c1-22-17-8-12-19(13-9-17)24(26)21(16-6-4-3-5-7-16)25(27,28-24)20-14-10-18(23-2)11-15-20/h8-16H,3-7H2,1-2H3. The first-order valence-corrected chi connectivity index (χ1v) is 17.1. The first-order chi connectivity index (χ1) is 13.5. The van der Waals surface area contributed by atoms with E-state index in [0.717, 1.165) is 11.5 Å². The smallest absolute Gasteiger partial charge is 0.118 e. The van der Waals surface area contributed by atoms with Crippen molar-refractivity contribution in [1.82, 2.24) is 4.44 Å². The zero-order valence-corrected chi connectivity index (χ0v) is 20.4. The van der Waals surface area contributed by atoms with E-state index in [2.05, 4.69) is 28.7 Å². The first-order valence-electron chi connectivity index (χ1n) is 9.52. The van der Waals surface area contributed by atoms with Crippen LogP contribution in [-0.4, -0.2) is 24.7 Å². The summed E-state index contributed by atoms with van der Waals surface area (Å²) in [6.07, 6.45) is 6.31. The van der Waals surface area contributed by atoms with E-state index in [-0.39, 0.29) is 0 Å². The molecule has 0 bridgehead atoms. The second kappa shape index (κ2) is 8.41. The highest BCUT2D eigenvalue weighted by molar-refractivity contribution is 9.07. The molecule has 2 aromatic carbocycles. The van der Waals surface area contributed by atoms with Crippen LogP contribution in [0.2, 0.25) is 0 Å². The average molecular weight is 470 g/mol. The lowest BCUT2D eigenvalue weighted by atomic mass is 9.96. The molecule has 0 spiro atoms. The molecule has 0 aromatic heterocycles. The van der Waals surface area contributed by atoms with Crippen LogP contribution in [0, 0.1) is 0 Å². The molecule has 0 amide bonds. The molecule has 8 heteroatoms. The number of nitrogens with zero attached hydrogens (tertiary/aromatic N) is 1. The van der Waals surface area contributed by atoms with Crippen molar-refractivity contribution in [3.63, 3.8) is 0 Å². The lowest BCUT2D eigenvalue weighted by Crippen LogP contribution is -2.40. The minimum atomic E-state index is -1.92. The van der Waals surface area contributed by atoms with E-state index >= 15 is 0 Å². The summed E-state index contributed by atoms with van der Waals surface area (Å²) in [6, 6.07) is 17.2. The lowest BCUT2D eigenvalue weighted by molar-refractivity contribution is 0.355. The minimum absolute atomic E-state index is 0.510. The van der Waals surface area contributed by atoms with Gasteiger partial charge in [-0.15, -0.1) is 0 Å². The average Bonchev–Trinajstić information content (AvgIpc) is 2.74. The van der Waals surface area contributed by atoms with Gasteiger partial charge in [0.2, 0.25) is 0 Å². The molecule has 2 fully saturated rings. The van der Waals surface area contributed by atoms with Crippen molar-refractivity contribution >= 4 is 56.0 Å². The second-order valence-electron chi connectivity index (χ2n) is 7.13. The summed E-state index contributed by atoms with van der Waals surface area (Å²) in [4.78, 5) is 0. The Bertz CT molecular complexity index is 860. The van der Waals surface area contributed by atoms with Crippen molar-refractivity contribution in [2.24, 2.45) is 0 Å². The third-order valence-electron chi connectivity index (χ3n) is 5.46. The third-order valence-corrected chi connectivity index (χ3v) is 26.2. The topological polar surface area (TPSA) is 21.7 Å². The molecule has 0 radical (unpaired) electrons. The Morgan fingerprint density at radius 1 is 0.786 bits per heavy atom. The van der Waals surface area contributed by atoms with Gasteiger partial charge in [0.05, 0.1) is 14.2 Å². The molecule has 1 aliphatic carbocycles. The summed E-state index contributed by atoms with van der Waals surface area (Å²) < 4.78 is 13.3. The van der Waals surface area contributed by atoms with Gasteiger partial charge in [0.15, 0.2) is 0 Å². The maximum atomic E-state index is 6.37. The fourth-order valence-electron chi connectivity index (χ4n) is 3.97. The molecular formula is C20H25NO2P2S3. The molecule has 28 heavy (non-hydrogen) atoms. The summed E-state index contributed by atoms with van der Waals surface area (Å²) in [7, 11) is 3.40. The predicted octanol–water partition coefficient (Wildman–Crippen LogP) is 5.66. The Kier molecular flexibility index (Phi) is 6.28. The zero-order valence-electron chi connectivity index (χ0n) is 16.1. The number of ether oxygens (including phenoxy) is 2. The van der Waals surface area contributed by atoms with Crippen LogP contribution in [0.1, 0.15) is 32.1 Å². The Morgan fingerprint density at radius 2 is 1.21 bits per heavy atom. The van der Waals surface area contributed by atoms with E-state index in [1.807, 2.05) is 35.3 Å². The number of rotatable bonds is 5. The maximum absolute atomic E-state index is 6.37. The number of hydrogen-bond donors (Lipinski definition) is 0. The molecule has 1 saturated carbocycles. The van der Waals surface area contributed by atoms with E-state index < -0.39 is 10.8 Å². The lowest BCUT2D eigenvalue weighted by Gasteiger charge is -2.57. The summed E-state index contributed by atoms with van der Waals surface area (Å²) in [5.41, 5.74) is 0. The quantitative estimate of drug-likeness (QED) is 0.524. The number of hydrogen-bond acceptors (Lipinski definition) is 5. The Labute approximate surface area is 181 Å². The van der Waals surface area contributed by atoms with Gasteiger partial charge >= 0.3 is 0 Å². The SMILES string of the molecule is COc1ccc(P2(=S)SP(=S)(c3ccc(OC)cc3)N2C2CCCCC2)cc1. The van der Waals surface area contributed by atoms with Gasteiger partial charge in [0.25, 0.3) is 0 Å². The van der Waals surface area contributed by atoms with Crippen LogP contribution >= 0.6 is 21.8 Å². The van der Waals surface area contributed by atoms with Gasteiger partial charge in [0, 0.05) is 16.7 Å². The Hall–Kier alpha value is -0.350. The molecule has 1 heterocycles. The van der Waals surface area contributed by atoms with Crippen molar-refractivity contribution in [1.29, 1.82) is 0 Å². The van der Waals surface area contributed by atoms with Crippen molar-refractivity contribution in [2.45, 2.75) is 38.1 Å². The van der Waals surface area contributed by atoms with Crippen LogP contribution in [0.15, 0.2) is 48.5 Å². The molecule has 2 aromatic rings. The normalized spacial score (nSPS) is 28.5. The minimum Gasteiger partial charge on any atom is -0.497 e. The van der Waals surface area contributed by atoms with E-state index in [9.17, 15) is 0 Å². The molecule has 1 saturated heterocycles. The fourth-order valence-corrected chi connectivity index (χ4v) is 30.5. The van der Waals surface area contributed by atoms with E-state index in [1.165, 1.54) is 42.7 Å². The van der Waals surface area contributed by atoms with Crippen molar-refractivity contribution in [3.8, 4) is 11.5 Å². The largest absolute Gasteiger partial charge is 0.497 e. The molecule has 0 N–H and O–H groups in total. The third kappa shape index (κ3) is 3.62. The zero-order chi connectivity index (χ0) is 19.8. The van der Waals surface area contributed by atoms with Gasteiger partial charge in [-0.05, 0) is 72.4 Å². The molecular weight excluding hydrogens is 444 g/mol. The molecule has 2 unspecified atom stereocenters. The molecule has 2 aliphatic rings. The first kappa shape index (κ1) is 20.9. The summed E-state index contributed by atoms with van der Waals surface area (Å²) in [5, 5.41) is -1.35. The van der Waals surface area contributed by atoms with E-state index in [0.29, 0.717) is 6.04 Å². The number of benzene rings is 2. The monoisotopic (exact) mass is 469 g/mol. The van der Waals surface area contributed by atoms with Gasteiger partial charge in [-0.2, -0.15) is 0 Å². The molecule has 4 rings (SSSR count). The molecule has 3 nitrogen and oxygen atoms in total. The fraction of sp³-hybridized carbons (Fsp3) is 0.400. The van der Waals surface area contributed by atoms with Crippen LogP contribution in [0.5, 0.6) is 11.5 Å². The molecule has 2 atom stereocenters. The highest BCUT2D eigenvalue weighted by Crippen LogP contribution is 2.95. The second-order valence-corrected chi connectivity index (χ2v) is 21.3. The Balaban J connectivity index is 1.73. The van der Waals surface area contributed by atoms with Gasteiger partial charge in [-0.3, -0.25) is 0 Å². The van der Waals surface area contributed by atoms with Crippen molar-refractivity contribution in [3.05, 3.63) is 48.5 Å². The van der Waals surface area contributed by atoms with Gasteiger partial charge < -0.3 is 9.47 Å². The van der Waals surface area contributed by atoms with Gasteiger partial charge in [-0.1, -0.05) is 42.9 Å². The molecule has 1 aliphatic heterocycles. The summed E-state index contributed by atoms with van der Waals surface area (Å²) >= 11 is 14.7. The summed E-state index contributed by atoms with van der Waals surface area (Å²) in [6.45, 7) is 0. The Morgan fingerprint density at radius 3 is 1.61 bits per heavy atom. The van der Waals surface area contributed by atoms with Crippen LogP contribution in [-0.2, 0) is 23.6 Å². The predicted molar refractivity (Wildman–Crippen MR) is 130 cm³/mol. The van der Waals surface area contributed by atoms with Crippen LogP contribution in [0.4, 0.5) is 0 Å². The van der Waals surface area contributed by atoms with Crippen LogP contribution in [0.25, 0.3) is 0 Å². The van der Waals surface area contributed by atoms with Gasteiger partial charge in [-0.25, -0.2) is 4.44 Å². The van der Waals surface area contributed by atoms with Crippen molar-refractivity contribution in [2.75, 3.05) is 14.2 Å². The van der Waals surface area contributed by atoms with E-state index in [1.54, 1.807) is 14.2 Å². The molecule has 150 valence electrons. The van der Waals surface area contributed by atoms with E-state index in [4.69, 9.17) is 33.1 Å².